The Kier molecular flexibility index (Phi) is 3.86. The van der Waals surface area contributed by atoms with Crippen molar-refractivity contribution in [1.82, 2.24) is 9.78 Å². The largest absolute Gasteiger partial charge is 0.330 e. The van der Waals surface area contributed by atoms with Crippen LogP contribution in [0.3, 0.4) is 0 Å². The fourth-order valence-electron chi connectivity index (χ4n) is 1.83. The Morgan fingerprint density at radius 3 is 2.59 bits per heavy atom. The van der Waals surface area contributed by atoms with Gasteiger partial charge in [-0.25, -0.2) is 0 Å². The topological polar surface area (TPSA) is 43.8 Å². The molecule has 0 spiro atoms. The molecule has 2 N–H and O–H groups in total. The van der Waals surface area contributed by atoms with E-state index in [2.05, 4.69) is 41.7 Å². The molecule has 90 valence electrons. The summed E-state index contributed by atoms with van der Waals surface area (Å²) in [5.41, 5.74) is 8.93. The van der Waals surface area contributed by atoms with Crippen LogP contribution in [-0.4, -0.2) is 22.6 Å². The summed E-state index contributed by atoms with van der Waals surface area (Å²) in [7, 11) is 1.97. The van der Waals surface area contributed by atoms with Crippen molar-refractivity contribution in [3.8, 4) is 11.3 Å². The van der Waals surface area contributed by atoms with E-state index in [-0.39, 0.29) is 0 Å². The van der Waals surface area contributed by atoms with Gasteiger partial charge in [-0.15, -0.1) is 11.8 Å². The van der Waals surface area contributed by atoms with E-state index in [1.54, 1.807) is 11.8 Å². The summed E-state index contributed by atoms with van der Waals surface area (Å²) in [6, 6.07) is 10.6. The number of hydrogen-bond donors (Lipinski definition) is 1. The van der Waals surface area contributed by atoms with Gasteiger partial charge < -0.3 is 5.73 Å². The molecule has 17 heavy (non-hydrogen) atoms. The van der Waals surface area contributed by atoms with Crippen molar-refractivity contribution in [3.63, 3.8) is 0 Å². The predicted octanol–water partition coefficient (Wildman–Crippen LogP) is 2.31. The SMILES string of the molecule is CSc1ccc(-c2cc(CCN)nn2C)cc1. The molecule has 0 aliphatic carbocycles. The smallest absolute Gasteiger partial charge is 0.0681 e. The van der Waals surface area contributed by atoms with Crippen molar-refractivity contribution in [1.29, 1.82) is 0 Å². The third-order valence-electron chi connectivity index (χ3n) is 2.72. The minimum atomic E-state index is 0.641. The molecule has 1 aromatic carbocycles. The third kappa shape index (κ3) is 2.70. The van der Waals surface area contributed by atoms with Gasteiger partial charge in [-0.2, -0.15) is 5.10 Å². The lowest BCUT2D eigenvalue weighted by Crippen LogP contribution is -2.03. The van der Waals surface area contributed by atoms with E-state index in [0.717, 1.165) is 17.8 Å². The summed E-state index contributed by atoms with van der Waals surface area (Å²) >= 11 is 1.75. The van der Waals surface area contributed by atoms with E-state index >= 15 is 0 Å². The highest BCUT2D eigenvalue weighted by Gasteiger charge is 2.06. The van der Waals surface area contributed by atoms with Gasteiger partial charge in [-0.3, -0.25) is 4.68 Å². The lowest BCUT2D eigenvalue weighted by molar-refractivity contribution is 0.745. The van der Waals surface area contributed by atoms with Gasteiger partial charge in [0.25, 0.3) is 0 Å². The van der Waals surface area contributed by atoms with Crippen molar-refractivity contribution in [2.75, 3.05) is 12.8 Å². The molecule has 0 unspecified atom stereocenters. The summed E-state index contributed by atoms with van der Waals surface area (Å²) in [6.45, 7) is 0.641. The van der Waals surface area contributed by atoms with E-state index in [9.17, 15) is 0 Å². The van der Waals surface area contributed by atoms with Gasteiger partial charge in [-0.05, 0) is 36.6 Å². The Labute approximate surface area is 106 Å². The molecule has 4 heteroatoms. The zero-order valence-corrected chi connectivity index (χ0v) is 11.0. The van der Waals surface area contributed by atoms with Gasteiger partial charge in [0.05, 0.1) is 11.4 Å². The minimum absolute atomic E-state index is 0.641. The summed E-state index contributed by atoms with van der Waals surface area (Å²) in [6.07, 6.45) is 2.91. The molecule has 0 saturated carbocycles. The zero-order valence-electron chi connectivity index (χ0n) is 10.2. The third-order valence-corrected chi connectivity index (χ3v) is 3.46. The molecule has 0 atom stereocenters. The first-order chi connectivity index (χ1) is 8.24. The standard InChI is InChI=1S/C13H17N3S/c1-16-13(9-11(15-16)7-8-14)10-3-5-12(17-2)6-4-10/h3-6,9H,7-8,14H2,1-2H3. The fraction of sp³-hybridized carbons (Fsp3) is 0.308. The lowest BCUT2D eigenvalue weighted by atomic mass is 10.1. The van der Waals surface area contributed by atoms with Crippen LogP contribution in [0.5, 0.6) is 0 Å². The van der Waals surface area contributed by atoms with Crippen molar-refractivity contribution < 1.29 is 0 Å². The first-order valence-electron chi connectivity index (χ1n) is 5.62. The summed E-state index contributed by atoms with van der Waals surface area (Å²) < 4.78 is 1.92. The molecule has 2 rings (SSSR count). The quantitative estimate of drug-likeness (QED) is 0.843. The Morgan fingerprint density at radius 1 is 1.29 bits per heavy atom. The molecule has 0 saturated heterocycles. The summed E-state index contributed by atoms with van der Waals surface area (Å²) in [5, 5.41) is 4.45. The molecule has 0 amide bonds. The maximum atomic E-state index is 5.54. The van der Waals surface area contributed by atoms with Crippen LogP contribution in [0.15, 0.2) is 35.2 Å². The van der Waals surface area contributed by atoms with Gasteiger partial charge in [0.1, 0.15) is 0 Å². The molecule has 0 aliphatic rings. The van der Waals surface area contributed by atoms with E-state index in [1.807, 2.05) is 11.7 Å². The number of rotatable bonds is 4. The van der Waals surface area contributed by atoms with Crippen LogP contribution < -0.4 is 5.73 Å². The monoisotopic (exact) mass is 247 g/mol. The predicted molar refractivity (Wildman–Crippen MR) is 73.2 cm³/mol. The number of aryl methyl sites for hydroxylation is 1. The highest BCUT2D eigenvalue weighted by atomic mass is 32.2. The maximum Gasteiger partial charge on any atom is 0.0681 e. The molecule has 0 fully saturated rings. The first kappa shape index (κ1) is 12.2. The maximum absolute atomic E-state index is 5.54. The Hall–Kier alpha value is -1.26. The lowest BCUT2D eigenvalue weighted by Gasteiger charge is -2.02. The molecule has 0 bridgehead atoms. The molecule has 0 aliphatic heterocycles. The number of aromatic nitrogens is 2. The van der Waals surface area contributed by atoms with Crippen LogP contribution >= 0.6 is 11.8 Å². The van der Waals surface area contributed by atoms with Crippen LogP contribution in [0.4, 0.5) is 0 Å². The van der Waals surface area contributed by atoms with Crippen molar-refractivity contribution >= 4 is 11.8 Å². The van der Waals surface area contributed by atoms with Gasteiger partial charge in [-0.1, -0.05) is 12.1 Å². The van der Waals surface area contributed by atoms with Crippen LogP contribution in [0.1, 0.15) is 5.69 Å². The van der Waals surface area contributed by atoms with Gasteiger partial charge in [0.2, 0.25) is 0 Å². The highest BCUT2D eigenvalue weighted by molar-refractivity contribution is 7.98. The summed E-state index contributed by atoms with van der Waals surface area (Å²) in [5.74, 6) is 0. The molecule has 1 aromatic heterocycles. The second-order valence-corrected chi connectivity index (χ2v) is 4.79. The molecular formula is C13H17N3S. The zero-order chi connectivity index (χ0) is 12.3. The van der Waals surface area contributed by atoms with Crippen LogP contribution in [0.25, 0.3) is 11.3 Å². The van der Waals surface area contributed by atoms with Gasteiger partial charge >= 0.3 is 0 Å². The molecule has 0 radical (unpaired) electrons. The van der Waals surface area contributed by atoms with E-state index in [1.165, 1.54) is 10.5 Å². The molecule has 3 nitrogen and oxygen atoms in total. The number of nitrogens with zero attached hydrogens (tertiary/aromatic N) is 2. The number of benzene rings is 1. The van der Waals surface area contributed by atoms with E-state index < -0.39 is 0 Å². The highest BCUT2D eigenvalue weighted by Crippen LogP contribution is 2.23. The summed E-state index contributed by atoms with van der Waals surface area (Å²) in [4.78, 5) is 1.28. The van der Waals surface area contributed by atoms with Crippen molar-refractivity contribution in [2.24, 2.45) is 12.8 Å². The minimum Gasteiger partial charge on any atom is -0.330 e. The number of thioether (sulfide) groups is 1. The molecule has 1 heterocycles. The van der Waals surface area contributed by atoms with E-state index in [4.69, 9.17) is 5.73 Å². The van der Waals surface area contributed by atoms with Crippen LogP contribution in [-0.2, 0) is 13.5 Å². The van der Waals surface area contributed by atoms with Crippen molar-refractivity contribution in [2.45, 2.75) is 11.3 Å². The average Bonchev–Trinajstić information content (AvgIpc) is 2.71. The second-order valence-electron chi connectivity index (χ2n) is 3.91. The van der Waals surface area contributed by atoms with Crippen LogP contribution in [0, 0.1) is 0 Å². The Morgan fingerprint density at radius 2 is 2.00 bits per heavy atom. The second kappa shape index (κ2) is 5.38. The molecule has 2 aromatic rings. The van der Waals surface area contributed by atoms with Crippen molar-refractivity contribution in [3.05, 3.63) is 36.0 Å². The normalized spacial score (nSPS) is 10.8. The van der Waals surface area contributed by atoms with Gasteiger partial charge in [0, 0.05) is 18.4 Å². The van der Waals surface area contributed by atoms with E-state index in [0.29, 0.717) is 6.54 Å². The number of hydrogen-bond acceptors (Lipinski definition) is 3. The molecular weight excluding hydrogens is 230 g/mol. The number of nitrogens with two attached hydrogens (primary N) is 1. The fourth-order valence-corrected chi connectivity index (χ4v) is 2.24. The Balaban J connectivity index is 2.31. The van der Waals surface area contributed by atoms with Gasteiger partial charge in [0.15, 0.2) is 0 Å². The average molecular weight is 247 g/mol. The Bertz CT molecular complexity index is 488. The first-order valence-corrected chi connectivity index (χ1v) is 6.84. The van der Waals surface area contributed by atoms with Crippen LogP contribution in [0.2, 0.25) is 0 Å².